The van der Waals surface area contributed by atoms with Crippen LogP contribution in [-0.4, -0.2) is 5.91 Å². The third kappa shape index (κ3) is 4.02. The van der Waals surface area contributed by atoms with E-state index in [0.717, 1.165) is 17.7 Å². The highest BCUT2D eigenvalue weighted by Gasteiger charge is 2.33. The van der Waals surface area contributed by atoms with Crippen molar-refractivity contribution < 1.29 is 18.0 Å². The Balaban J connectivity index is 2.33. The van der Waals surface area contributed by atoms with Crippen LogP contribution in [0.15, 0.2) is 54.1 Å². The van der Waals surface area contributed by atoms with Gasteiger partial charge in [-0.25, -0.2) is 0 Å². The molecule has 3 nitrogen and oxygen atoms in total. The van der Waals surface area contributed by atoms with Gasteiger partial charge in [0.15, 0.2) is 0 Å². The molecule has 1 amide bonds. The Hall–Kier alpha value is -3.07. The van der Waals surface area contributed by atoms with Crippen LogP contribution in [0.5, 0.6) is 0 Å². The molecule has 24 heavy (non-hydrogen) atoms. The molecule has 0 aliphatic carbocycles. The van der Waals surface area contributed by atoms with Gasteiger partial charge in [0.25, 0.3) is 5.91 Å². The van der Waals surface area contributed by atoms with Crippen molar-refractivity contribution in [3.63, 3.8) is 0 Å². The van der Waals surface area contributed by atoms with E-state index in [1.165, 1.54) is 18.2 Å². The second kappa shape index (κ2) is 7.01. The molecular formula is C18H13F3N2O. The predicted octanol–water partition coefficient (Wildman–Crippen LogP) is 4.56. The molecule has 2 rings (SSSR count). The number of nitriles is 1. The van der Waals surface area contributed by atoms with Crippen LogP contribution in [0.25, 0.3) is 6.08 Å². The van der Waals surface area contributed by atoms with Crippen LogP contribution in [0.1, 0.15) is 16.7 Å². The Kier molecular flexibility index (Phi) is 5.05. The van der Waals surface area contributed by atoms with Crippen molar-refractivity contribution in [2.75, 3.05) is 5.32 Å². The number of nitrogens with one attached hydrogen (secondary N) is 1. The zero-order valence-corrected chi connectivity index (χ0v) is 12.7. The summed E-state index contributed by atoms with van der Waals surface area (Å²) in [6.07, 6.45) is -3.25. The number of rotatable bonds is 3. The number of carbonyl (C=O) groups excluding carboxylic acids is 1. The Morgan fingerprint density at radius 2 is 1.75 bits per heavy atom. The topological polar surface area (TPSA) is 52.9 Å². The first kappa shape index (κ1) is 17.3. The van der Waals surface area contributed by atoms with Gasteiger partial charge in [-0.2, -0.15) is 18.4 Å². The van der Waals surface area contributed by atoms with Crippen LogP contribution in [0.4, 0.5) is 18.9 Å². The van der Waals surface area contributed by atoms with E-state index in [-0.39, 0.29) is 11.3 Å². The van der Waals surface area contributed by atoms with Gasteiger partial charge in [0.1, 0.15) is 11.6 Å². The number of hydrogen-bond donors (Lipinski definition) is 1. The number of nitrogens with zero attached hydrogens (tertiary/aromatic N) is 1. The highest BCUT2D eigenvalue weighted by molar-refractivity contribution is 6.10. The molecule has 2 aromatic rings. The van der Waals surface area contributed by atoms with Gasteiger partial charge in [-0.3, -0.25) is 4.79 Å². The lowest BCUT2D eigenvalue weighted by Gasteiger charge is -2.13. The Labute approximate surface area is 137 Å². The molecule has 0 atom stereocenters. The van der Waals surface area contributed by atoms with Gasteiger partial charge in [0.2, 0.25) is 0 Å². The van der Waals surface area contributed by atoms with E-state index in [1.807, 2.05) is 0 Å². The normalized spacial score (nSPS) is 11.7. The molecule has 0 fully saturated rings. The van der Waals surface area contributed by atoms with Gasteiger partial charge >= 0.3 is 6.18 Å². The molecule has 0 saturated carbocycles. The maximum atomic E-state index is 13.0. The second-order valence-corrected chi connectivity index (χ2v) is 5.02. The van der Waals surface area contributed by atoms with Gasteiger partial charge < -0.3 is 5.32 Å². The minimum absolute atomic E-state index is 0.277. The van der Waals surface area contributed by atoms with Crippen molar-refractivity contribution in [2.24, 2.45) is 0 Å². The van der Waals surface area contributed by atoms with E-state index in [2.05, 4.69) is 5.32 Å². The van der Waals surface area contributed by atoms with E-state index in [0.29, 0.717) is 5.56 Å². The summed E-state index contributed by atoms with van der Waals surface area (Å²) in [5.41, 5.74) is -0.143. The third-order valence-electron chi connectivity index (χ3n) is 3.33. The minimum atomic E-state index is -4.60. The van der Waals surface area contributed by atoms with Gasteiger partial charge in [0.05, 0.1) is 11.3 Å². The molecule has 0 aliphatic heterocycles. The molecule has 2 aromatic carbocycles. The molecule has 0 bridgehead atoms. The summed E-state index contributed by atoms with van der Waals surface area (Å²) < 4.78 is 38.9. The molecule has 0 aromatic heterocycles. The van der Waals surface area contributed by atoms with Gasteiger partial charge in [-0.15, -0.1) is 0 Å². The van der Waals surface area contributed by atoms with E-state index in [1.54, 1.807) is 37.3 Å². The van der Waals surface area contributed by atoms with Crippen molar-refractivity contribution >= 4 is 17.7 Å². The monoisotopic (exact) mass is 330 g/mol. The molecule has 0 radical (unpaired) electrons. The fourth-order valence-electron chi connectivity index (χ4n) is 2.08. The summed E-state index contributed by atoms with van der Waals surface area (Å²) in [5.74, 6) is -0.891. The molecule has 0 aliphatic rings. The van der Waals surface area contributed by atoms with Crippen LogP contribution >= 0.6 is 0 Å². The first-order chi connectivity index (χ1) is 11.3. The highest BCUT2D eigenvalue weighted by atomic mass is 19.4. The maximum absolute atomic E-state index is 13.0. The number of halogens is 3. The number of benzene rings is 2. The summed E-state index contributed by atoms with van der Waals surface area (Å²) in [6, 6.07) is 13.4. The lowest BCUT2D eigenvalue weighted by atomic mass is 10.1. The average molecular weight is 330 g/mol. The fourth-order valence-corrected chi connectivity index (χ4v) is 2.08. The lowest BCUT2D eigenvalue weighted by molar-refractivity contribution is -0.136. The largest absolute Gasteiger partial charge is 0.418 e. The molecule has 122 valence electrons. The molecule has 0 unspecified atom stereocenters. The van der Waals surface area contributed by atoms with Crippen LogP contribution in [0.3, 0.4) is 0 Å². The number of amides is 1. The van der Waals surface area contributed by atoms with Crippen molar-refractivity contribution in [3.8, 4) is 6.07 Å². The predicted molar refractivity (Wildman–Crippen MR) is 84.8 cm³/mol. The number of hydrogen-bond acceptors (Lipinski definition) is 2. The number of aryl methyl sites for hydroxylation is 1. The van der Waals surface area contributed by atoms with E-state index < -0.39 is 17.6 Å². The standard InChI is InChI=1S/C18H13F3N2O/c1-12-6-2-3-7-13(12)10-14(11-22)17(24)23-16-9-5-4-8-15(16)18(19,20)21/h2-10H,1H3,(H,23,24)/b14-10+. The maximum Gasteiger partial charge on any atom is 0.418 e. The Morgan fingerprint density at radius 1 is 1.12 bits per heavy atom. The van der Waals surface area contributed by atoms with Crippen LogP contribution in [0, 0.1) is 18.3 Å². The van der Waals surface area contributed by atoms with Crippen LogP contribution < -0.4 is 5.32 Å². The number of anilines is 1. The summed E-state index contributed by atoms with van der Waals surface area (Å²) in [5, 5.41) is 11.3. The number of alkyl halides is 3. The first-order valence-electron chi connectivity index (χ1n) is 6.98. The number of para-hydroxylation sites is 1. The van der Waals surface area contributed by atoms with Crippen LogP contribution in [0.2, 0.25) is 0 Å². The van der Waals surface area contributed by atoms with Crippen molar-refractivity contribution in [2.45, 2.75) is 13.1 Å². The molecule has 0 heterocycles. The minimum Gasteiger partial charge on any atom is -0.321 e. The molecule has 1 N–H and O–H groups in total. The second-order valence-electron chi connectivity index (χ2n) is 5.02. The summed E-state index contributed by atoms with van der Waals surface area (Å²) >= 11 is 0. The molecular weight excluding hydrogens is 317 g/mol. The molecule has 0 saturated heterocycles. The van der Waals surface area contributed by atoms with E-state index >= 15 is 0 Å². The van der Waals surface area contributed by atoms with Crippen LogP contribution in [-0.2, 0) is 11.0 Å². The van der Waals surface area contributed by atoms with E-state index in [4.69, 9.17) is 5.26 Å². The summed E-state index contributed by atoms with van der Waals surface area (Å²) in [7, 11) is 0. The first-order valence-corrected chi connectivity index (χ1v) is 6.98. The van der Waals surface area contributed by atoms with Gasteiger partial charge in [-0.1, -0.05) is 36.4 Å². The fraction of sp³-hybridized carbons (Fsp3) is 0.111. The molecule has 6 heteroatoms. The van der Waals surface area contributed by atoms with Crippen molar-refractivity contribution in [1.82, 2.24) is 0 Å². The SMILES string of the molecule is Cc1ccccc1/C=C(\C#N)C(=O)Nc1ccccc1C(F)(F)F. The summed E-state index contributed by atoms with van der Waals surface area (Å²) in [4.78, 5) is 12.2. The smallest absolute Gasteiger partial charge is 0.321 e. The Morgan fingerprint density at radius 3 is 2.38 bits per heavy atom. The molecule has 0 spiro atoms. The van der Waals surface area contributed by atoms with Crippen molar-refractivity contribution in [1.29, 1.82) is 5.26 Å². The Bertz CT molecular complexity index is 833. The van der Waals surface area contributed by atoms with E-state index in [9.17, 15) is 18.0 Å². The van der Waals surface area contributed by atoms with Gasteiger partial charge in [0, 0.05) is 0 Å². The zero-order valence-electron chi connectivity index (χ0n) is 12.7. The zero-order chi connectivity index (χ0) is 17.7. The summed E-state index contributed by atoms with van der Waals surface area (Å²) in [6.45, 7) is 1.80. The van der Waals surface area contributed by atoms with Gasteiger partial charge in [-0.05, 0) is 36.3 Å². The highest BCUT2D eigenvalue weighted by Crippen LogP contribution is 2.34. The number of carbonyl (C=O) groups is 1. The third-order valence-corrected chi connectivity index (χ3v) is 3.33. The average Bonchev–Trinajstić information content (AvgIpc) is 2.53. The lowest BCUT2D eigenvalue weighted by Crippen LogP contribution is -2.17. The quantitative estimate of drug-likeness (QED) is 0.662. The van der Waals surface area contributed by atoms with Crippen molar-refractivity contribution in [3.05, 3.63) is 70.8 Å².